The maximum absolute atomic E-state index is 11.2. The molecule has 1 atom stereocenters. The number of benzene rings is 1. The van der Waals surface area contributed by atoms with Crippen LogP contribution >= 0.6 is 11.6 Å². The summed E-state index contributed by atoms with van der Waals surface area (Å²) in [5, 5.41) is 5.23. The van der Waals surface area contributed by atoms with Crippen molar-refractivity contribution < 1.29 is 4.79 Å². The minimum absolute atomic E-state index is 0.353. The Morgan fingerprint density at radius 2 is 2.26 bits per heavy atom. The van der Waals surface area contributed by atoms with Crippen molar-refractivity contribution in [2.24, 2.45) is 5.92 Å². The summed E-state index contributed by atoms with van der Waals surface area (Å²) >= 11 is 6.00. The fraction of sp³-hybridized carbons (Fsp3) is 0.333. The van der Waals surface area contributed by atoms with Gasteiger partial charge in [0.15, 0.2) is 6.29 Å². The van der Waals surface area contributed by atoms with E-state index in [1.165, 1.54) is 12.8 Å². The zero-order valence-electron chi connectivity index (χ0n) is 10.7. The van der Waals surface area contributed by atoms with Crippen molar-refractivity contribution in [1.82, 2.24) is 9.78 Å². The van der Waals surface area contributed by atoms with E-state index >= 15 is 0 Å². The summed E-state index contributed by atoms with van der Waals surface area (Å²) in [5.74, 6) is 0.701. The molecule has 1 aromatic heterocycles. The zero-order valence-corrected chi connectivity index (χ0v) is 11.5. The first kappa shape index (κ1) is 12.4. The highest BCUT2D eigenvalue weighted by atomic mass is 35.5. The standard InChI is InChI=1S/C15H15ClN2O/c1-10(11-5-6-11)18-8-13(9-19)15(17-18)12-3-2-4-14(16)7-12/h2-4,7-11H,5-6H2,1H3. The summed E-state index contributed by atoms with van der Waals surface area (Å²) in [6.45, 7) is 2.15. The summed E-state index contributed by atoms with van der Waals surface area (Å²) in [6, 6.07) is 7.80. The normalized spacial score (nSPS) is 16.3. The Bertz CT molecular complexity index is 616. The molecule has 3 rings (SSSR count). The van der Waals surface area contributed by atoms with Crippen LogP contribution in [0.4, 0.5) is 0 Å². The fourth-order valence-corrected chi connectivity index (χ4v) is 2.55. The smallest absolute Gasteiger partial charge is 0.153 e. The van der Waals surface area contributed by atoms with Gasteiger partial charge in [-0.15, -0.1) is 0 Å². The Labute approximate surface area is 117 Å². The predicted molar refractivity (Wildman–Crippen MR) is 75.5 cm³/mol. The number of halogens is 1. The van der Waals surface area contributed by atoms with Crippen LogP contribution in [0.3, 0.4) is 0 Å². The maximum Gasteiger partial charge on any atom is 0.153 e. The fourth-order valence-electron chi connectivity index (χ4n) is 2.36. The number of rotatable bonds is 4. The second-order valence-corrected chi connectivity index (χ2v) is 5.56. The number of aldehydes is 1. The molecule has 1 saturated carbocycles. The van der Waals surface area contributed by atoms with Crippen molar-refractivity contribution in [1.29, 1.82) is 0 Å². The number of hydrogen-bond donors (Lipinski definition) is 0. The molecular formula is C15H15ClN2O. The molecule has 1 heterocycles. The number of hydrogen-bond acceptors (Lipinski definition) is 2. The van der Waals surface area contributed by atoms with Gasteiger partial charge >= 0.3 is 0 Å². The van der Waals surface area contributed by atoms with Crippen molar-refractivity contribution in [2.75, 3.05) is 0 Å². The van der Waals surface area contributed by atoms with Gasteiger partial charge < -0.3 is 0 Å². The third-order valence-corrected chi connectivity index (χ3v) is 3.94. The van der Waals surface area contributed by atoms with Crippen LogP contribution in [0, 0.1) is 5.92 Å². The van der Waals surface area contributed by atoms with E-state index in [2.05, 4.69) is 12.0 Å². The van der Waals surface area contributed by atoms with Crippen LogP contribution in [-0.4, -0.2) is 16.1 Å². The molecule has 98 valence electrons. The van der Waals surface area contributed by atoms with Crippen LogP contribution in [0.15, 0.2) is 30.5 Å². The van der Waals surface area contributed by atoms with E-state index in [0.29, 0.717) is 28.2 Å². The SMILES string of the molecule is CC(C1CC1)n1cc(C=O)c(-c2cccc(Cl)c2)n1. The quantitative estimate of drug-likeness (QED) is 0.790. The molecule has 0 aliphatic heterocycles. The first-order valence-corrected chi connectivity index (χ1v) is 6.87. The molecule has 0 N–H and O–H groups in total. The minimum atomic E-state index is 0.353. The number of carbonyl (C=O) groups excluding carboxylic acids is 1. The van der Waals surface area contributed by atoms with Crippen molar-refractivity contribution in [3.8, 4) is 11.3 Å². The first-order chi connectivity index (χ1) is 9.19. The molecule has 0 saturated heterocycles. The van der Waals surface area contributed by atoms with Gasteiger partial charge in [-0.25, -0.2) is 0 Å². The summed E-state index contributed by atoms with van der Waals surface area (Å²) in [4.78, 5) is 11.2. The Morgan fingerprint density at radius 1 is 1.47 bits per heavy atom. The largest absolute Gasteiger partial charge is 0.298 e. The second-order valence-electron chi connectivity index (χ2n) is 5.12. The van der Waals surface area contributed by atoms with Gasteiger partial charge in [0, 0.05) is 16.8 Å². The van der Waals surface area contributed by atoms with E-state index < -0.39 is 0 Å². The van der Waals surface area contributed by atoms with Crippen LogP contribution in [0.5, 0.6) is 0 Å². The molecule has 1 aliphatic rings. The summed E-state index contributed by atoms with van der Waals surface area (Å²) in [5.41, 5.74) is 2.22. The van der Waals surface area contributed by atoms with E-state index in [-0.39, 0.29) is 0 Å². The van der Waals surface area contributed by atoms with Crippen molar-refractivity contribution in [2.45, 2.75) is 25.8 Å². The number of nitrogens with zero attached hydrogens (tertiary/aromatic N) is 2. The second kappa shape index (κ2) is 4.82. The van der Waals surface area contributed by atoms with Gasteiger partial charge in [-0.3, -0.25) is 9.48 Å². The van der Waals surface area contributed by atoms with E-state index in [9.17, 15) is 4.79 Å². The topological polar surface area (TPSA) is 34.9 Å². The summed E-state index contributed by atoms with van der Waals surface area (Å²) in [6.07, 6.45) is 5.21. The van der Waals surface area contributed by atoms with Gasteiger partial charge in [0.25, 0.3) is 0 Å². The molecule has 3 nitrogen and oxygen atoms in total. The molecule has 0 amide bonds. The zero-order chi connectivity index (χ0) is 13.4. The van der Waals surface area contributed by atoms with E-state index in [0.717, 1.165) is 11.8 Å². The van der Waals surface area contributed by atoms with Gasteiger partial charge in [0.05, 0.1) is 11.6 Å². The molecule has 0 bridgehead atoms. The van der Waals surface area contributed by atoms with Crippen molar-refractivity contribution in [3.63, 3.8) is 0 Å². The average Bonchev–Trinajstić information content (AvgIpc) is 3.16. The first-order valence-electron chi connectivity index (χ1n) is 6.49. The minimum Gasteiger partial charge on any atom is -0.298 e. The van der Waals surface area contributed by atoms with Gasteiger partial charge in [0.2, 0.25) is 0 Å². The number of carbonyl (C=O) groups is 1. The molecule has 1 fully saturated rings. The molecule has 0 spiro atoms. The van der Waals surface area contributed by atoms with Crippen LogP contribution in [0.25, 0.3) is 11.3 Å². The van der Waals surface area contributed by atoms with Gasteiger partial charge in [-0.05, 0) is 37.8 Å². The summed E-state index contributed by atoms with van der Waals surface area (Å²) < 4.78 is 1.91. The predicted octanol–water partition coefficient (Wildman–Crippen LogP) is 3.99. The van der Waals surface area contributed by atoms with Crippen LogP contribution in [-0.2, 0) is 0 Å². The Morgan fingerprint density at radius 3 is 2.89 bits per heavy atom. The van der Waals surface area contributed by atoms with E-state index in [4.69, 9.17) is 11.6 Å². The van der Waals surface area contributed by atoms with Crippen LogP contribution in [0.2, 0.25) is 5.02 Å². The van der Waals surface area contributed by atoms with Gasteiger partial charge in [0.1, 0.15) is 5.69 Å². The molecule has 1 aliphatic carbocycles. The molecule has 1 unspecified atom stereocenters. The average molecular weight is 275 g/mol. The Balaban J connectivity index is 2.02. The monoisotopic (exact) mass is 274 g/mol. The van der Waals surface area contributed by atoms with Crippen LogP contribution in [0.1, 0.15) is 36.2 Å². The van der Waals surface area contributed by atoms with Crippen molar-refractivity contribution >= 4 is 17.9 Å². The lowest BCUT2D eigenvalue weighted by molar-refractivity contribution is 0.112. The van der Waals surface area contributed by atoms with Crippen molar-refractivity contribution in [3.05, 3.63) is 41.0 Å². The van der Waals surface area contributed by atoms with E-state index in [1.54, 1.807) is 0 Å². The molecule has 0 radical (unpaired) electrons. The third-order valence-electron chi connectivity index (χ3n) is 3.71. The maximum atomic E-state index is 11.2. The lowest BCUT2D eigenvalue weighted by Crippen LogP contribution is -2.07. The lowest BCUT2D eigenvalue weighted by Gasteiger charge is -2.09. The summed E-state index contributed by atoms with van der Waals surface area (Å²) in [7, 11) is 0. The lowest BCUT2D eigenvalue weighted by atomic mass is 10.1. The molecule has 4 heteroatoms. The van der Waals surface area contributed by atoms with Gasteiger partial charge in [-0.2, -0.15) is 5.10 Å². The highest BCUT2D eigenvalue weighted by Crippen LogP contribution is 2.39. The molecule has 1 aromatic carbocycles. The third kappa shape index (κ3) is 2.43. The van der Waals surface area contributed by atoms with Gasteiger partial charge in [-0.1, -0.05) is 23.7 Å². The molecule has 19 heavy (non-hydrogen) atoms. The highest BCUT2D eigenvalue weighted by Gasteiger charge is 2.30. The van der Waals surface area contributed by atoms with E-state index in [1.807, 2.05) is 35.1 Å². The number of aromatic nitrogens is 2. The Hall–Kier alpha value is -1.61. The molecule has 2 aromatic rings. The molecular weight excluding hydrogens is 260 g/mol. The highest BCUT2D eigenvalue weighted by molar-refractivity contribution is 6.30. The van der Waals surface area contributed by atoms with Crippen LogP contribution < -0.4 is 0 Å². The Kier molecular flexibility index (Phi) is 3.15.